The fourth-order valence-corrected chi connectivity index (χ4v) is 2.52. The van der Waals surface area contributed by atoms with Gasteiger partial charge in [-0.25, -0.2) is 0 Å². The van der Waals surface area contributed by atoms with Crippen LogP contribution in [0.1, 0.15) is 37.5 Å². The lowest BCUT2D eigenvalue weighted by Crippen LogP contribution is -2.34. The highest BCUT2D eigenvalue weighted by Crippen LogP contribution is 2.18. The highest BCUT2D eigenvalue weighted by molar-refractivity contribution is 5.23. The quantitative estimate of drug-likeness (QED) is 0.826. The molecule has 0 unspecified atom stereocenters. The Kier molecular flexibility index (Phi) is 5.37. The predicted molar refractivity (Wildman–Crippen MR) is 89.5 cm³/mol. The minimum atomic E-state index is -0.911. The fourth-order valence-electron chi connectivity index (χ4n) is 2.52. The standard InChI is InChI=1S/C18H27N3O/c1-14(2)9-15-5-7-16(8-6-15)10-19-13-18(3,22)17-11-20-21(4)12-17/h5-8,11-12,14,19,22H,9-10,13H2,1-4H3/t18-/m1/s1. The van der Waals surface area contributed by atoms with E-state index >= 15 is 0 Å². The van der Waals surface area contributed by atoms with Crippen LogP contribution in [0, 0.1) is 5.92 Å². The summed E-state index contributed by atoms with van der Waals surface area (Å²) in [4.78, 5) is 0. The Bertz CT molecular complexity index is 585. The van der Waals surface area contributed by atoms with Gasteiger partial charge in [-0.15, -0.1) is 0 Å². The summed E-state index contributed by atoms with van der Waals surface area (Å²) in [7, 11) is 1.85. The molecule has 0 bridgehead atoms. The molecule has 0 aliphatic rings. The van der Waals surface area contributed by atoms with Crippen molar-refractivity contribution >= 4 is 0 Å². The molecule has 0 spiro atoms. The van der Waals surface area contributed by atoms with Crippen molar-refractivity contribution in [2.75, 3.05) is 6.54 Å². The van der Waals surface area contributed by atoms with Gasteiger partial charge in [0.1, 0.15) is 5.60 Å². The summed E-state index contributed by atoms with van der Waals surface area (Å²) < 4.78 is 1.71. The molecule has 4 heteroatoms. The lowest BCUT2D eigenvalue weighted by molar-refractivity contribution is 0.0566. The van der Waals surface area contributed by atoms with Crippen LogP contribution in [-0.4, -0.2) is 21.4 Å². The second-order valence-corrected chi connectivity index (χ2v) is 6.69. The highest BCUT2D eigenvalue weighted by Gasteiger charge is 2.23. The molecule has 120 valence electrons. The van der Waals surface area contributed by atoms with Gasteiger partial charge in [0.15, 0.2) is 0 Å². The average Bonchev–Trinajstić information content (AvgIpc) is 2.87. The van der Waals surface area contributed by atoms with E-state index in [1.165, 1.54) is 11.1 Å². The molecule has 0 saturated heterocycles. The van der Waals surface area contributed by atoms with Gasteiger partial charge in [0.05, 0.1) is 6.20 Å². The van der Waals surface area contributed by atoms with Crippen LogP contribution >= 0.6 is 0 Å². The molecule has 0 saturated carbocycles. The van der Waals surface area contributed by atoms with Gasteiger partial charge in [-0.05, 0) is 30.4 Å². The van der Waals surface area contributed by atoms with E-state index < -0.39 is 5.60 Å². The second kappa shape index (κ2) is 7.07. The Hall–Kier alpha value is -1.65. The topological polar surface area (TPSA) is 50.1 Å². The Morgan fingerprint density at radius 1 is 1.23 bits per heavy atom. The molecule has 2 N–H and O–H groups in total. The predicted octanol–water partition coefficient (Wildman–Crippen LogP) is 2.62. The SMILES string of the molecule is CC(C)Cc1ccc(CNC[C@@](C)(O)c2cnn(C)c2)cc1. The van der Waals surface area contributed by atoms with Crippen LogP contribution in [0.5, 0.6) is 0 Å². The zero-order valence-corrected chi connectivity index (χ0v) is 14.0. The number of aliphatic hydroxyl groups is 1. The third-order valence-electron chi connectivity index (χ3n) is 3.79. The number of hydrogen-bond acceptors (Lipinski definition) is 3. The summed E-state index contributed by atoms with van der Waals surface area (Å²) in [5.74, 6) is 0.679. The summed E-state index contributed by atoms with van der Waals surface area (Å²) in [6.07, 6.45) is 4.67. The van der Waals surface area contributed by atoms with Crippen molar-refractivity contribution < 1.29 is 5.11 Å². The van der Waals surface area contributed by atoms with E-state index in [1.54, 1.807) is 10.9 Å². The average molecular weight is 301 g/mol. The van der Waals surface area contributed by atoms with Crippen LogP contribution in [0.2, 0.25) is 0 Å². The first kappa shape index (κ1) is 16.7. The zero-order valence-electron chi connectivity index (χ0n) is 14.0. The number of nitrogens with one attached hydrogen (secondary N) is 1. The van der Waals surface area contributed by atoms with Crippen LogP contribution < -0.4 is 5.32 Å². The van der Waals surface area contributed by atoms with Crippen molar-refractivity contribution in [1.82, 2.24) is 15.1 Å². The normalized spacial score (nSPS) is 14.3. The number of nitrogens with zero attached hydrogens (tertiary/aromatic N) is 2. The zero-order chi connectivity index (χ0) is 16.2. The van der Waals surface area contributed by atoms with Crippen LogP contribution in [0.4, 0.5) is 0 Å². The van der Waals surface area contributed by atoms with Crippen molar-refractivity contribution in [3.8, 4) is 0 Å². The molecule has 1 atom stereocenters. The highest BCUT2D eigenvalue weighted by atomic mass is 16.3. The van der Waals surface area contributed by atoms with Crippen molar-refractivity contribution in [2.24, 2.45) is 13.0 Å². The molecule has 0 fully saturated rings. The van der Waals surface area contributed by atoms with Gasteiger partial charge in [-0.2, -0.15) is 5.10 Å². The Labute approximate surface area is 133 Å². The number of hydrogen-bond donors (Lipinski definition) is 2. The van der Waals surface area contributed by atoms with E-state index in [-0.39, 0.29) is 0 Å². The van der Waals surface area contributed by atoms with Crippen molar-refractivity contribution in [3.05, 3.63) is 53.3 Å². The molecule has 2 rings (SSSR count). The molecule has 1 aromatic heterocycles. The summed E-state index contributed by atoms with van der Waals surface area (Å²) in [6, 6.07) is 8.69. The Morgan fingerprint density at radius 3 is 2.41 bits per heavy atom. The van der Waals surface area contributed by atoms with Crippen LogP contribution in [0.25, 0.3) is 0 Å². The summed E-state index contributed by atoms with van der Waals surface area (Å²) >= 11 is 0. The second-order valence-electron chi connectivity index (χ2n) is 6.69. The van der Waals surface area contributed by atoms with E-state index in [2.05, 4.69) is 48.5 Å². The molecule has 4 nitrogen and oxygen atoms in total. The monoisotopic (exact) mass is 301 g/mol. The molecule has 0 aliphatic carbocycles. The van der Waals surface area contributed by atoms with E-state index in [4.69, 9.17) is 0 Å². The molecule has 0 amide bonds. The van der Waals surface area contributed by atoms with E-state index in [1.807, 2.05) is 20.2 Å². The van der Waals surface area contributed by atoms with Crippen LogP contribution in [0.15, 0.2) is 36.7 Å². The largest absolute Gasteiger partial charge is 0.384 e. The van der Waals surface area contributed by atoms with Gasteiger partial charge in [0.25, 0.3) is 0 Å². The first-order chi connectivity index (χ1) is 10.4. The van der Waals surface area contributed by atoms with Crippen molar-refractivity contribution in [3.63, 3.8) is 0 Å². The van der Waals surface area contributed by atoms with Gasteiger partial charge in [0, 0.05) is 31.9 Å². The first-order valence-electron chi connectivity index (χ1n) is 7.87. The van der Waals surface area contributed by atoms with Crippen LogP contribution in [-0.2, 0) is 25.6 Å². The fraction of sp³-hybridized carbons (Fsp3) is 0.500. The molecular formula is C18H27N3O. The third kappa shape index (κ3) is 4.68. The number of aryl methyl sites for hydroxylation is 1. The molecule has 0 aliphatic heterocycles. The minimum absolute atomic E-state index is 0.492. The first-order valence-corrected chi connectivity index (χ1v) is 7.87. The molecule has 1 aromatic carbocycles. The number of aromatic nitrogens is 2. The van der Waals surface area contributed by atoms with Gasteiger partial charge in [-0.1, -0.05) is 38.1 Å². The van der Waals surface area contributed by atoms with Crippen molar-refractivity contribution in [2.45, 2.75) is 39.3 Å². The number of rotatable bonds is 7. The lowest BCUT2D eigenvalue weighted by Gasteiger charge is -2.22. The number of benzene rings is 1. The Morgan fingerprint density at radius 2 is 1.86 bits per heavy atom. The molecule has 2 aromatic rings. The van der Waals surface area contributed by atoms with Gasteiger partial charge in [0.2, 0.25) is 0 Å². The van der Waals surface area contributed by atoms with Gasteiger partial charge < -0.3 is 10.4 Å². The summed E-state index contributed by atoms with van der Waals surface area (Å²) in [5.41, 5.74) is 2.52. The summed E-state index contributed by atoms with van der Waals surface area (Å²) in [5, 5.41) is 17.9. The maximum Gasteiger partial charge on any atom is 0.102 e. The van der Waals surface area contributed by atoms with Crippen LogP contribution in [0.3, 0.4) is 0 Å². The lowest BCUT2D eigenvalue weighted by atomic mass is 9.99. The smallest absolute Gasteiger partial charge is 0.102 e. The molecule has 22 heavy (non-hydrogen) atoms. The van der Waals surface area contributed by atoms with Crippen molar-refractivity contribution in [1.29, 1.82) is 0 Å². The Balaban J connectivity index is 1.85. The van der Waals surface area contributed by atoms with E-state index in [0.717, 1.165) is 18.5 Å². The molecular weight excluding hydrogens is 274 g/mol. The molecule has 0 radical (unpaired) electrons. The maximum atomic E-state index is 10.5. The van der Waals surface area contributed by atoms with E-state index in [0.29, 0.717) is 12.5 Å². The molecule has 1 heterocycles. The van der Waals surface area contributed by atoms with Gasteiger partial charge >= 0.3 is 0 Å². The third-order valence-corrected chi connectivity index (χ3v) is 3.79. The summed E-state index contributed by atoms with van der Waals surface area (Å²) in [6.45, 7) is 7.51. The minimum Gasteiger partial charge on any atom is -0.384 e. The van der Waals surface area contributed by atoms with E-state index in [9.17, 15) is 5.11 Å². The van der Waals surface area contributed by atoms with Gasteiger partial charge in [-0.3, -0.25) is 4.68 Å². The maximum absolute atomic E-state index is 10.5.